The van der Waals surface area contributed by atoms with Gasteiger partial charge in [0.15, 0.2) is 3.92 Å². The summed E-state index contributed by atoms with van der Waals surface area (Å²) in [5, 5.41) is 4.26. The van der Waals surface area contributed by atoms with E-state index in [0.29, 0.717) is 40.6 Å². The zero-order valence-electron chi connectivity index (χ0n) is 20.7. The molecule has 39 heavy (non-hydrogen) atoms. The highest BCUT2D eigenvalue weighted by Gasteiger charge is 2.37. The van der Waals surface area contributed by atoms with Gasteiger partial charge in [-0.2, -0.15) is 26.3 Å². The molecule has 1 fully saturated rings. The van der Waals surface area contributed by atoms with Crippen LogP contribution >= 0.6 is 27.3 Å². The molecule has 1 N–H and O–H groups in total. The molecule has 12 heteroatoms. The van der Waals surface area contributed by atoms with E-state index in [2.05, 4.69) is 43.3 Å². The average Bonchev–Trinajstić information content (AvgIpc) is 3.33. The number of piperidine rings is 1. The second-order valence-corrected chi connectivity index (χ2v) is 11.7. The van der Waals surface area contributed by atoms with Crippen LogP contribution in [0.3, 0.4) is 0 Å². The first-order valence-electron chi connectivity index (χ1n) is 12.3. The molecule has 0 aliphatic carbocycles. The molecule has 3 aromatic rings. The van der Waals surface area contributed by atoms with E-state index in [4.69, 9.17) is 0 Å². The molecule has 1 aliphatic heterocycles. The smallest absolute Gasteiger partial charge is 0.351 e. The Morgan fingerprint density at radius 3 is 2.18 bits per heavy atom. The summed E-state index contributed by atoms with van der Waals surface area (Å²) < 4.78 is 79.9. The number of hydrogen-bond donors (Lipinski definition) is 1. The Morgan fingerprint density at radius 2 is 1.64 bits per heavy atom. The van der Waals surface area contributed by atoms with E-state index in [0.717, 1.165) is 25.9 Å². The molecule has 1 aliphatic rings. The van der Waals surface area contributed by atoms with Crippen LogP contribution in [0.2, 0.25) is 0 Å². The Morgan fingerprint density at radius 1 is 1.03 bits per heavy atom. The highest BCUT2D eigenvalue weighted by atomic mass is 79.9. The molecule has 2 aromatic carbocycles. The van der Waals surface area contributed by atoms with Gasteiger partial charge >= 0.3 is 12.4 Å². The maximum atomic E-state index is 13.2. The number of nitrogens with one attached hydrogen (secondary N) is 1. The average molecular weight is 634 g/mol. The summed E-state index contributed by atoms with van der Waals surface area (Å²) >= 11 is 4.58. The van der Waals surface area contributed by atoms with Crippen molar-refractivity contribution in [2.75, 3.05) is 19.6 Å². The number of halogens is 7. The Hall–Kier alpha value is -2.44. The summed E-state index contributed by atoms with van der Waals surface area (Å²) in [7, 11) is 0. The first-order chi connectivity index (χ1) is 18.4. The minimum atomic E-state index is -4.95. The lowest BCUT2D eigenvalue weighted by Gasteiger charge is -2.32. The van der Waals surface area contributed by atoms with Gasteiger partial charge in [-0.25, -0.2) is 4.98 Å². The predicted molar refractivity (Wildman–Crippen MR) is 140 cm³/mol. The van der Waals surface area contributed by atoms with Gasteiger partial charge in [0.25, 0.3) is 0 Å². The van der Waals surface area contributed by atoms with Crippen LogP contribution in [-0.2, 0) is 23.7 Å². The lowest BCUT2D eigenvalue weighted by Crippen LogP contribution is -2.36. The van der Waals surface area contributed by atoms with Crippen LogP contribution in [0.5, 0.6) is 0 Å². The number of amides is 1. The molecular weight excluding hydrogens is 608 g/mol. The Balaban J connectivity index is 1.41. The molecule has 4 rings (SSSR count). The zero-order chi connectivity index (χ0) is 28.2. The number of carbonyl (C=O) groups is 1. The quantitative estimate of drug-likeness (QED) is 0.260. The van der Waals surface area contributed by atoms with Crippen molar-refractivity contribution < 1.29 is 31.1 Å². The number of nitrogens with zero attached hydrogens (tertiary/aromatic N) is 2. The minimum absolute atomic E-state index is 0.0713. The molecule has 4 nitrogen and oxygen atoms in total. The van der Waals surface area contributed by atoms with Gasteiger partial charge in [-0.1, -0.05) is 30.3 Å². The van der Waals surface area contributed by atoms with Crippen molar-refractivity contribution in [3.63, 3.8) is 0 Å². The summed E-state index contributed by atoms with van der Waals surface area (Å²) in [4.78, 5) is 19.8. The van der Waals surface area contributed by atoms with Crippen LogP contribution in [0.25, 0.3) is 0 Å². The molecule has 0 bridgehead atoms. The summed E-state index contributed by atoms with van der Waals surface area (Å²) in [6, 6.07) is 11.6. The topological polar surface area (TPSA) is 45.2 Å². The van der Waals surface area contributed by atoms with Gasteiger partial charge in [0.2, 0.25) is 5.91 Å². The number of carbonyl (C=O) groups excluding carboxylic acids is 1. The Bertz CT molecular complexity index is 1220. The van der Waals surface area contributed by atoms with E-state index < -0.39 is 41.8 Å². The van der Waals surface area contributed by atoms with Gasteiger partial charge in [-0.3, -0.25) is 4.79 Å². The highest BCUT2D eigenvalue weighted by Crippen LogP contribution is 2.36. The number of benzene rings is 2. The van der Waals surface area contributed by atoms with Crippen molar-refractivity contribution in [3.05, 3.63) is 85.8 Å². The molecule has 1 atom stereocenters. The summed E-state index contributed by atoms with van der Waals surface area (Å²) in [5.74, 6) is -0.727. The van der Waals surface area contributed by atoms with Crippen molar-refractivity contribution in [1.29, 1.82) is 0 Å². The number of hydrogen-bond acceptors (Lipinski definition) is 4. The zero-order valence-corrected chi connectivity index (χ0v) is 23.1. The molecule has 1 aromatic heterocycles. The third-order valence-electron chi connectivity index (χ3n) is 6.87. The summed E-state index contributed by atoms with van der Waals surface area (Å²) in [5.41, 5.74) is -1.30. The van der Waals surface area contributed by atoms with Crippen LogP contribution < -0.4 is 5.32 Å². The van der Waals surface area contributed by atoms with Crippen molar-refractivity contribution in [3.8, 4) is 0 Å². The first kappa shape index (κ1) is 29.5. The monoisotopic (exact) mass is 633 g/mol. The van der Waals surface area contributed by atoms with Gasteiger partial charge in [0.05, 0.1) is 22.7 Å². The number of rotatable bonds is 8. The van der Waals surface area contributed by atoms with Crippen LogP contribution in [0.15, 0.2) is 57.8 Å². The van der Waals surface area contributed by atoms with Crippen molar-refractivity contribution in [2.24, 2.45) is 0 Å². The molecule has 1 amide bonds. The lowest BCUT2D eigenvalue weighted by atomic mass is 9.89. The van der Waals surface area contributed by atoms with Crippen LogP contribution in [-0.4, -0.2) is 35.4 Å². The first-order valence-corrected chi connectivity index (χ1v) is 14.0. The third-order valence-corrected chi connectivity index (χ3v) is 8.26. The van der Waals surface area contributed by atoms with E-state index in [-0.39, 0.29) is 11.6 Å². The fourth-order valence-electron chi connectivity index (χ4n) is 4.80. The van der Waals surface area contributed by atoms with Gasteiger partial charge in [-0.05, 0) is 90.1 Å². The Kier molecular flexibility index (Phi) is 9.38. The number of alkyl halides is 6. The second-order valence-electron chi connectivity index (χ2n) is 9.53. The normalized spacial score (nSPS) is 16.3. The summed E-state index contributed by atoms with van der Waals surface area (Å²) in [6.07, 6.45) is -7.53. The molecule has 2 heterocycles. The molecule has 210 valence electrons. The second kappa shape index (κ2) is 12.4. The van der Waals surface area contributed by atoms with E-state index in [1.54, 1.807) is 5.38 Å². The lowest BCUT2D eigenvalue weighted by molar-refractivity contribution is -0.143. The van der Waals surface area contributed by atoms with Gasteiger partial charge in [-0.15, -0.1) is 11.3 Å². The van der Waals surface area contributed by atoms with Gasteiger partial charge in [0.1, 0.15) is 0 Å². The molecular formula is C27H26BrF6N3OS. The SMILES string of the molecule is O=C(NCc1cc(C(F)(F)F)cc(C(F)(F)F)c1)C(CCN1CCC(c2ccccc2)CC1)c1csc(Br)n1. The standard InChI is InChI=1S/C27H26BrF6N3OS/c28-25-36-23(16-39-25)22(8-11-37-9-6-19(7-10-37)18-4-2-1-3-5-18)24(38)35-15-17-12-20(26(29,30)31)14-21(13-17)27(32,33)34/h1-5,12-14,16,19,22H,6-11,15H2,(H,35,38). The number of thiazole rings is 1. The number of aromatic nitrogens is 1. The van der Waals surface area contributed by atoms with E-state index >= 15 is 0 Å². The fraction of sp³-hybridized carbons (Fsp3) is 0.407. The fourth-order valence-corrected chi connectivity index (χ4v) is 5.88. The van der Waals surface area contributed by atoms with Gasteiger partial charge < -0.3 is 10.2 Å². The molecule has 0 spiro atoms. The van der Waals surface area contributed by atoms with Crippen LogP contribution in [0, 0.1) is 0 Å². The third kappa shape index (κ3) is 8.04. The van der Waals surface area contributed by atoms with E-state index in [1.807, 2.05) is 18.2 Å². The Labute approximate surface area is 234 Å². The largest absolute Gasteiger partial charge is 0.416 e. The maximum Gasteiger partial charge on any atom is 0.416 e. The molecule has 1 unspecified atom stereocenters. The molecule has 0 saturated carbocycles. The maximum absolute atomic E-state index is 13.2. The molecule has 0 radical (unpaired) electrons. The highest BCUT2D eigenvalue weighted by molar-refractivity contribution is 9.11. The van der Waals surface area contributed by atoms with Crippen LogP contribution in [0.4, 0.5) is 26.3 Å². The number of likely N-dealkylation sites (tertiary alicyclic amines) is 1. The van der Waals surface area contributed by atoms with Crippen LogP contribution in [0.1, 0.15) is 59.0 Å². The predicted octanol–water partition coefficient (Wildman–Crippen LogP) is 7.61. The summed E-state index contributed by atoms with van der Waals surface area (Å²) in [6.45, 7) is 1.85. The van der Waals surface area contributed by atoms with E-state index in [1.165, 1.54) is 16.9 Å². The van der Waals surface area contributed by atoms with Gasteiger partial charge in [0, 0.05) is 11.9 Å². The van der Waals surface area contributed by atoms with Crippen molar-refractivity contribution >= 4 is 33.2 Å². The minimum Gasteiger partial charge on any atom is -0.351 e. The van der Waals surface area contributed by atoms with E-state index in [9.17, 15) is 31.1 Å². The van der Waals surface area contributed by atoms with Crippen molar-refractivity contribution in [1.82, 2.24) is 15.2 Å². The molecule has 1 saturated heterocycles. The van der Waals surface area contributed by atoms with Crippen molar-refractivity contribution in [2.45, 2.75) is 50.0 Å².